The van der Waals surface area contributed by atoms with E-state index in [-0.39, 0.29) is 15.5 Å². The van der Waals surface area contributed by atoms with Crippen LogP contribution in [0.25, 0.3) is 21.7 Å². The van der Waals surface area contributed by atoms with Gasteiger partial charge in [-0.2, -0.15) is 0 Å². The van der Waals surface area contributed by atoms with Gasteiger partial charge in [0.25, 0.3) is 10.0 Å². The molecule has 4 aromatic rings. The number of halogens is 1. The van der Waals surface area contributed by atoms with Crippen molar-refractivity contribution >= 4 is 33.0 Å². The van der Waals surface area contributed by atoms with Gasteiger partial charge < -0.3 is 5.11 Å². The van der Waals surface area contributed by atoms with Crippen molar-refractivity contribution in [3.63, 3.8) is 0 Å². The van der Waals surface area contributed by atoms with Crippen molar-refractivity contribution < 1.29 is 22.7 Å². The maximum absolute atomic E-state index is 13.1. The highest BCUT2D eigenvalue weighted by molar-refractivity contribution is 7.94. The van der Waals surface area contributed by atoms with E-state index in [4.69, 9.17) is 0 Å². The Balaban J connectivity index is 1.66. The van der Waals surface area contributed by atoms with Crippen LogP contribution >= 0.6 is 11.3 Å². The first-order chi connectivity index (χ1) is 14.8. The summed E-state index contributed by atoms with van der Waals surface area (Å²) in [5.41, 5.74) is 1.93. The van der Waals surface area contributed by atoms with Crippen LogP contribution in [-0.2, 0) is 10.0 Å². The van der Waals surface area contributed by atoms with E-state index in [1.807, 2.05) is 0 Å². The topological polar surface area (TPSA) is 96.4 Å². The highest BCUT2D eigenvalue weighted by atomic mass is 32.2. The van der Waals surface area contributed by atoms with E-state index >= 15 is 0 Å². The van der Waals surface area contributed by atoms with Crippen LogP contribution in [0.15, 0.2) is 83.2 Å². The summed E-state index contributed by atoms with van der Waals surface area (Å²) in [6, 6.07) is 18.7. The summed E-state index contributed by atoms with van der Waals surface area (Å²) >= 11 is 0.949. The summed E-state index contributed by atoms with van der Waals surface area (Å²) in [7, 11) is -3.96. The van der Waals surface area contributed by atoms with Crippen molar-refractivity contribution in [3.8, 4) is 21.7 Å². The average molecular weight is 455 g/mol. The predicted molar refractivity (Wildman–Crippen MR) is 117 cm³/mol. The van der Waals surface area contributed by atoms with Crippen molar-refractivity contribution in [3.05, 3.63) is 90.4 Å². The van der Waals surface area contributed by atoms with Gasteiger partial charge in [0.2, 0.25) is 0 Å². The van der Waals surface area contributed by atoms with Gasteiger partial charge >= 0.3 is 5.97 Å². The molecule has 1 aromatic heterocycles. The molecule has 0 aliphatic carbocycles. The number of nitrogens with one attached hydrogen (secondary N) is 1. The molecule has 31 heavy (non-hydrogen) atoms. The van der Waals surface area contributed by atoms with Gasteiger partial charge in [-0.3, -0.25) is 4.72 Å². The van der Waals surface area contributed by atoms with E-state index in [2.05, 4.69) is 9.71 Å². The Morgan fingerprint density at radius 2 is 1.68 bits per heavy atom. The van der Waals surface area contributed by atoms with Gasteiger partial charge in [-0.25, -0.2) is 22.6 Å². The van der Waals surface area contributed by atoms with Gasteiger partial charge in [-0.1, -0.05) is 30.3 Å². The number of thiazole rings is 1. The third-order valence-corrected chi connectivity index (χ3v) is 7.32. The number of carbonyl (C=O) groups is 1. The summed E-state index contributed by atoms with van der Waals surface area (Å²) in [4.78, 5) is 15.7. The molecule has 2 N–H and O–H groups in total. The van der Waals surface area contributed by atoms with Crippen LogP contribution in [0.1, 0.15) is 10.4 Å². The number of benzene rings is 3. The summed E-state index contributed by atoms with van der Waals surface area (Å²) in [6.45, 7) is 0. The maximum Gasteiger partial charge on any atom is 0.336 e. The summed E-state index contributed by atoms with van der Waals surface area (Å²) in [5.74, 6) is -1.51. The van der Waals surface area contributed by atoms with Crippen molar-refractivity contribution in [2.24, 2.45) is 0 Å². The molecule has 0 saturated heterocycles. The molecule has 0 spiro atoms. The Morgan fingerprint density at radius 1 is 0.968 bits per heavy atom. The standard InChI is InChI=1S/C22H15FN2O4S2/c23-16-8-6-15(7-9-16)21-24-13-20(30-21)31(28,29)25-17-10-11-18(22(26)27)19(12-17)14-4-2-1-3-5-14/h1-13,25H,(H,26,27). The minimum Gasteiger partial charge on any atom is -0.478 e. The lowest BCUT2D eigenvalue weighted by Crippen LogP contribution is -2.12. The Labute approximate surface area is 181 Å². The molecule has 0 bridgehead atoms. The Hall–Kier alpha value is -3.56. The molecule has 0 saturated carbocycles. The van der Waals surface area contributed by atoms with Crippen LogP contribution < -0.4 is 4.72 Å². The summed E-state index contributed by atoms with van der Waals surface area (Å²) in [5, 5.41) is 9.92. The fourth-order valence-corrected chi connectivity index (χ4v) is 5.15. The molecule has 0 radical (unpaired) electrons. The minimum atomic E-state index is -3.96. The summed E-state index contributed by atoms with van der Waals surface area (Å²) in [6.07, 6.45) is 1.23. The molecule has 0 aliphatic rings. The minimum absolute atomic E-state index is 0.0182. The van der Waals surface area contributed by atoms with Crippen LogP contribution in [0.4, 0.5) is 10.1 Å². The largest absolute Gasteiger partial charge is 0.478 e. The number of rotatable bonds is 6. The van der Waals surface area contributed by atoms with Crippen LogP contribution in [0.5, 0.6) is 0 Å². The molecule has 0 atom stereocenters. The van der Waals surface area contributed by atoms with Crippen LogP contribution in [0.2, 0.25) is 0 Å². The average Bonchev–Trinajstić information content (AvgIpc) is 3.26. The first kappa shape index (κ1) is 20.7. The number of sulfonamides is 1. The van der Waals surface area contributed by atoms with Crippen LogP contribution in [0, 0.1) is 5.82 Å². The van der Waals surface area contributed by atoms with Crippen molar-refractivity contribution in [1.82, 2.24) is 4.98 Å². The number of carboxylic acids is 1. The lowest BCUT2D eigenvalue weighted by molar-refractivity contribution is 0.0697. The zero-order valence-corrected chi connectivity index (χ0v) is 17.5. The van der Waals surface area contributed by atoms with Gasteiger partial charge in [0.1, 0.15) is 10.8 Å². The predicted octanol–water partition coefficient (Wildman–Crippen LogP) is 5.12. The SMILES string of the molecule is O=C(O)c1ccc(NS(=O)(=O)c2cnc(-c3ccc(F)cc3)s2)cc1-c1ccccc1. The third-order valence-electron chi connectivity index (χ3n) is 4.43. The van der Waals surface area contributed by atoms with E-state index < -0.39 is 21.8 Å². The monoisotopic (exact) mass is 454 g/mol. The van der Waals surface area contributed by atoms with Gasteiger partial charge in [0.15, 0.2) is 4.21 Å². The zero-order valence-electron chi connectivity index (χ0n) is 15.8. The lowest BCUT2D eigenvalue weighted by Gasteiger charge is -2.11. The van der Waals surface area contributed by atoms with Crippen LogP contribution in [-0.4, -0.2) is 24.5 Å². The maximum atomic E-state index is 13.1. The van der Waals surface area contributed by atoms with Gasteiger partial charge in [-0.05, 0) is 53.6 Å². The number of anilines is 1. The molecule has 3 aromatic carbocycles. The molecule has 0 fully saturated rings. The van der Waals surface area contributed by atoms with E-state index in [9.17, 15) is 22.7 Å². The lowest BCUT2D eigenvalue weighted by atomic mass is 9.99. The van der Waals surface area contributed by atoms with Gasteiger partial charge in [0, 0.05) is 11.3 Å². The van der Waals surface area contributed by atoms with Gasteiger partial charge in [-0.15, -0.1) is 11.3 Å². The second kappa shape index (κ2) is 8.29. The molecular weight excluding hydrogens is 439 g/mol. The van der Waals surface area contributed by atoms with E-state index in [0.29, 0.717) is 21.7 Å². The fraction of sp³-hybridized carbons (Fsp3) is 0. The van der Waals surface area contributed by atoms with Crippen molar-refractivity contribution in [2.45, 2.75) is 4.21 Å². The second-order valence-corrected chi connectivity index (χ2v) is 9.47. The van der Waals surface area contributed by atoms with Crippen molar-refractivity contribution in [2.75, 3.05) is 4.72 Å². The first-order valence-electron chi connectivity index (χ1n) is 9.01. The Kier molecular flexibility index (Phi) is 5.53. The van der Waals surface area contributed by atoms with Gasteiger partial charge in [0.05, 0.1) is 11.8 Å². The summed E-state index contributed by atoms with van der Waals surface area (Å²) < 4.78 is 41.3. The molecular formula is C22H15FN2O4S2. The molecule has 9 heteroatoms. The quantitative estimate of drug-likeness (QED) is 0.422. The highest BCUT2D eigenvalue weighted by Crippen LogP contribution is 2.31. The Morgan fingerprint density at radius 3 is 2.35 bits per heavy atom. The molecule has 0 unspecified atom stereocenters. The van der Waals surface area contributed by atoms with Crippen LogP contribution in [0.3, 0.4) is 0 Å². The molecule has 0 aliphatic heterocycles. The molecule has 6 nitrogen and oxygen atoms in total. The fourth-order valence-electron chi connectivity index (χ4n) is 2.97. The normalized spacial score (nSPS) is 11.3. The number of aromatic nitrogens is 1. The smallest absolute Gasteiger partial charge is 0.336 e. The number of nitrogens with zero attached hydrogens (tertiary/aromatic N) is 1. The molecule has 1 heterocycles. The molecule has 156 valence electrons. The van der Waals surface area contributed by atoms with Crippen molar-refractivity contribution in [1.29, 1.82) is 0 Å². The highest BCUT2D eigenvalue weighted by Gasteiger charge is 2.20. The van der Waals surface area contributed by atoms with E-state index in [0.717, 1.165) is 11.3 Å². The van der Waals surface area contributed by atoms with E-state index in [1.54, 1.807) is 30.3 Å². The van der Waals surface area contributed by atoms with E-state index in [1.165, 1.54) is 48.7 Å². The molecule has 4 rings (SSSR count). The first-order valence-corrected chi connectivity index (χ1v) is 11.3. The molecule has 0 amide bonds. The Bertz CT molecular complexity index is 1350. The number of hydrogen-bond acceptors (Lipinski definition) is 5. The number of carboxylic acid groups (broad SMARTS) is 1. The zero-order chi connectivity index (χ0) is 22.0. The number of aromatic carboxylic acids is 1. The third kappa shape index (κ3) is 4.47. The number of hydrogen-bond donors (Lipinski definition) is 2. The second-order valence-electron chi connectivity index (χ2n) is 6.53.